The maximum atomic E-state index is 13.5. The third-order valence-corrected chi connectivity index (χ3v) is 3.02. The van der Waals surface area contributed by atoms with E-state index in [-0.39, 0.29) is 23.7 Å². The molecule has 0 aliphatic carbocycles. The molecule has 1 amide bonds. The molecule has 0 saturated carbocycles. The molecule has 0 bridgehead atoms. The van der Waals surface area contributed by atoms with Crippen LogP contribution in [0.1, 0.15) is 10.4 Å². The molecule has 0 aliphatic rings. The molecule has 6 heteroatoms. The maximum absolute atomic E-state index is 13.5. The SMILES string of the molecule is Nc1cccc(OCCNC(=O)c2c(F)cccc2Cl)c1. The Morgan fingerprint density at radius 3 is 2.76 bits per heavy atom. The predicted octanol–water partition coefficient (Wildman–Crippen LogP) is 2.87. The van der Waals surface area contributed by atoms with Crippen LogP contribution in [0.4, 0.5) is 10.1 Å². The molecular weight excluding hydrogens is 295 g/mol. The van der Waals surface area contributed by atoms with Crippen LogP contribution in [0.5, 0.6) is 5.75 Å². The minimum atomic E-state index is -0.656. The van der Waals surface area contributed by atoms with E-state index in [9.17, 15) is 9.18 Å². The van der Waals surface area contributed by atoms with Gasteiger partial charge in [0, 0.05) is 11.8 Å². The van der Waals surface area contributed by atoms with Crippen molar-refractivity contribution in [1.29, 1.82) is 0 Å². The minimum absolute atomic E-state index is 0.0734. The summed E-state index contributed by atoms with van der Waals surface area (Å²) in [4.78, 5) is 11.8. The Hall–Kier alpha value is -2.27. The first-order valence-corrected chi connectivity index (χ1v) is 6.66. The lowest BCUT2D eigenvalue weighted by Crippen LogP contribution is -2.29. The lowest BCUT2D eigenvalue weighted by molar-refractivity contribution is 0.0943. The van der Waals surface area contributed by atoms with Crippen molar-refractivity contribution in [3.63, 3.8) is 0 Å². The van der Waals surface area contributed by atoms with Gasteiger partial charge in [0.05, 0.1) is 17.1 Å². The molecule has 3 N–H and O–H groups in total. The highest BCUT2D eigenvalue weighted by atomic mass is 35.5. The zero-order valence-electron chi connectivity index (χ0n) is 11.1. The summed E-state index contributed by atoms with van der Waals surface area (Å²) in [6, 6.07) is 11.0. The van der Waals surface area contributed by atoms with Crippen molar-refractivity contribution in [2.24, 2.45) is 0 Å². The Labute approximate surface area is 126 Å². The molecule has 0 atom stereocenters. The normalized spacial score (nSPS) is 10.2. The van der Waals surface area contributed by atoms with Crippen molar-refractivity contribution in [3.8, 4) is 5.75 Å². The Morgan fingerprint density at radius 1 is 1.29 bits per heavy atom. The third-order valence-electron chi connectivity index (χ3n) is 2.70. The van der Waals surface area contributed by atoms with Gasteiger partial charge in [0.2, 0.25) is 0 Å². The molecule has 2 aromatic carbocycles. The summed E-state index contributed by atoms with van der Waals surface area (Å²) in [6.45, 7) is 0.458. The monoisotopic (exact) mass is 308 g/mol. The fraction of sp³-hybridized carbons (Fsp3) is 0.133. The van der Waals surface area contributed by atoms with Crippen LogP contribution in [0.15, 0.2) is 42.5 Å². The number of nitrogens with one attached hydrogen (secondary N) is 1. The lowest BCUT2D eigenvalue weighted by atomic mass is 10.2. The molecule has 0 saturated heterocycles. The molecule has 2 rings (SSSR count). The standard InChI is InChI=1S/C15H14ClFN2O2/c16-12-5-2-6-13(17)14(12)15(20)19-7-8-21-11-4-1-3-10(18)9-11/h1-6,9H,7-8,18H2,(H,19,20). The van der Waals surface area contributed by atoms with Gasteiger partial charge in [0.1, 0.15) is 18.2 Å². The Morgan fingerprint density at radius 2 is 2.05 bits per heavy atom. The van der Waals surface area contributed by atoms with Crippen LogP contribution < -0.4 is 15.8 Å². The van der Waals surface area contributed by atoms with E-state index in [4.69, 9.17) is 22.1 Å². The number of carbonyl (C=O) groups excluding carboxylic acids is 1. The van der Waals surface area contributed by atoms with Crippen LogP contribution >= 0.6 is 11.6 Å². The fourth-order valence-electron chi connectivity index (χ4n) is 1.74. The van der Waals surface area contributed by atoms with E-state index >= 15 is 0 Å². The third kappa shape index (κ3) is 4.10. The molecule has 0 unspecified atom stereocenters. The van der Waals surface area contributed by atoms with Crippen molar-refractivity contribution >= 4 is 23.2 Å². The largest absolute Gasteiger partial charge is 0.492 e. The van der Waals surface area contributed by atoms with E-state index in [0.717, 1.165) is 0 Å². The maximum Gasteiger partial charge on any atom is 0.255 e. The summed E-state index contributed by atoms with van der Waals surface area (Å²) >= 11 is 5.80. The van der Waals surface area contributed by atoms with Gasteiger partial charge in [-0.2, -0.15) is 0 Å². The van der Waals surface area contributed by atoms with E-state index in [1.165, 1.54) is 18.2 Å². The van der Waals surface area contributed by atoms with Gasteiger partial charge in [-0.25, -0.2) is 4.39 Å². The van der Waals surface area contributed by atoms with E-state index in [0.29, 0.717) is 11.4 Å². The second kappa shape index (κ2) is 6.95. The summed E-state index contributed by atoms with van der Waals surface area (Å²) in [7, 11) is 0. The molecular formula is C15H14ClFN2O2. The number of anilines is 1. The predicted molar refractivity (Wildman–Crippen MR) is 80.1 cm³/mol. The molecule has 4 nitrogen and oxygen atoms in total. The highest BCUT2D eigenvalue weighted by Crippen LogP contribution is 2.18. The Kier molecular flexibility index (Phi) is 5.00. The van der Waals surface area contributed by atoms with E-state index in [2.05, 4.69) is 5.32 Å². The van der Waals surface area contributed by atoms with E-state index in [1.807, 2.05) is 0 Å². The average molecular weight is 309 g/mol. The molecule has 110 valence electrons. The number of benzene rings is 2. The number of amides is 1. The van der Waals surface area contributed by atoms with Crippen LogP contribution in [0, 0.1) is 5.82 Å². The minimum Gasteiger partial charge on any atom is -0.492 e. The van der Waals surface area contributed by atoms with Gasteiger partial charge in [0.15, 0.2) is 0 Å². The van der Waals surface area contributed by atoms with Crippen molar-refractivity contribution in [2.75, 3.05) is 18.9 Å². The molecule has 2 aromatic rings. The number of hydrogen-bond acceptors (Lipinski definition) is 3. The van der Waals surface area contributed by atoms with Crippen molar-refractivity contribution in [1.82, 2.24) is 5.32 Å². The van der Waals surface area contributed by atoms with Gasteiger partial charge in [-0.1, -0.05) is 23.7 Å². The first-order valence-electron chi connectivity index (χ1n) is 6.28. The number of rotatable bonds is 5. The molecule has 0 aliphatic heterocycles. The van der Waals surface area contributed by atoms with Crippen molar-refractivity contribution in [3.05, 3.63) is 58.9 Å². The molecule has 0 fully saturated rings. The van der Waals surface area contributed by atoms with Crippen LogP contribution in [0.2, 0.25) is 5.02 Å². The van der Waals surface area contributed by atoms with Gasteiger partial charge in [-0.05, 0) is 24.3 Å². The van der Waals surface area contributed by atoms with Crippen molar-refractivity contribution in [2.45, 2.75) is 0 Å². The van der Waals surface area contributed by atoms with Crippen molar-refractivity contribution < 1.29 is 13.9 Å². The summed E-state index contributed by atoms with van der Waals surface area (Å²) in [6.07, 6.45) is 0. The van der Waals surface area contributed by atoms with E-state index < -0.39 is 11.7 Å². The second-order valence-electron chi connectivity index (χ2n) is 4.27. The molecule has 0 aromatic heterocycles. The Balaban J connectivity index is 1.85. The number of ether oxygens (including phenoxy) is 1. The van der Waals surface area contributed by atoms with E-state index in [1.54, 1.807) is 24.3 Å². The quantitative estimate of drug-likeness (QED) is 0.659. The van der Waals surface area contributed by atoms with Gasteiger partial charge >= 0.3 is 0 Å². The number of nitrogen functional groups attached to an aromatic ring is 1. The fourth-order valence-corrected chi connectivity index (χ4v) is 1.99. The van der Waals surface area contributed by atoms with Gasteiger partial charge < -0.3 is 15.8 Å². The zero-order chi connectivity index (χ0) is 15.2. The first-order chi connectivity index (χ1) is 10.1. The highest BCUT2D eigenvalue weighted by molar-refractivity contribution is 6.33. The smallest absolute Gasteiger partial charge is 0.255 e. The zero-order valence-corrected chi connectivity index (χ0v) is 11.9. The second-order valence-corrected chi connectivity index (χ2v) is 4.68. The highest BCUT2D eigenvalue weighted by Gasteiger charge is 2.14. The summed E-state index contributed by atoms with van der Waals surface area (Å²) < 4.78 is 18.9. The van der Waals surface area contributed by atoms with Crippen LogP contribution in [0.25, 0.3) is 0 Å². The lowest BCUT2D eigenvalue weighted by Gasteiger charge is -2.09. The average Bonchev–Trinajstić information content (AvgIpc) is 2.43. The molecule has 0 heterocycles. The molecule has 0 spiro atoms. The molecule has 0 radical (unpaired) electrons. The number of carbonyl (C=O) groups is 1. The van der Waals surface area contributed by atoms with Crippen LogP contribution in [-0.4, -0.2) is 19.1 Å². The number of halogens is 2. The summed E-state index contributed by atoms with van der Waals surface area (Å²) in [5, 5.41) is 2.62. The first kappa shape index (κ1) is 15.1. The van der Waals surface area contributed by atoms with Gasteiger partial charge in [0.25, 0.3) is 5.91 Å². The van der Waals surface area contributed by atoms with Gasteiger partial charge in [-0.3, -0.25) is 4.79 Å². The Bertz CT molecular complexity index is 629. The summed E-state index contributed by atoms with van der Waals surface area (Å²) in [5.41, 5.74) is 6.04. The van der Waals surface area contributed by atoms with Crippen LogP contribution in [0.3, 0.4) is 0 Å². The number of nitrogens with two attached hydrogens (primary N) is 1. The summed E-state index contributed by atoms with van der Waals surface area (Å²) in [5.74, 6) is -0.626. The van der Waals surface area contributed by atoms with Crippen LogP contribution in [-0.2, 0) is 0 Å². The topological polar surface area (TPSA) is 64.3 Å². The molecule has 21 heavy (non-hydrogen) atoms. The van der Waals surface area contributed by atoms with Gasteiger partial charge in [-0.15, -0.1) is 0 Å². The number of hydrogen-bond donors (Lipinski definition) is 2.